The number of amides is 1. The highest BCUT2D eigenvalue weighted by molar-refractivity contribution is 5.97. The number of aromatic nitrogens is 3. The number of nitrogens with one attached hydrogen (secondary N) is 3. The molecular formula is C28H31N7O3. The largest absolute Gasteiger partial charge is 0.467 e. The van der Waals surface area contributed by atoms with Crippen molar-refractivity contribution in [2.45, 2.75) is 32.4 Å². The van der Waals surface area contributed by atoms with Gasteiger partial charge in [-0.15, -0.1) is 0 Å². The van der Waals surface area contributed by atoms with E-state index in [0.29, 0.717) is 30.0 Å². The van der Waals surface area contributed by atoms with E-state index in [4.69, 9.17) is 10.5 Å². The number of rotatable bonds is 8. The number of benzene rings is 2. The highest BCUT2D eigenvalue weighted by Gasteiger charge is 2.28. The molecule has 0 spiro atoms. The lowest BCUT2D eigenvalue weighted by Crippen LogP contribution is -2.49. The van der Waals surface area contributed by atoms with E-state index >= 15 is 0 Å². The molecule has 196 valence electrons. The van der Waals surface area contributed by atoms with Crippen LogP contribution >= 0.6 is 0 Å². The lowest BCUT2D eigenvalue weighted by molar-refractivity contribution is -0.142. The van der Waals surface area contributed by atoms with Gasteiger partial charge in [0, 0.05) is 35.6 Å². The Morgan fingerprint density at radius 1 is 1.18 bits per heavy atom. The van der Waals surface area contributed by atoms with E-state index in [1.807, 2.05) is 67.3 Å². The molecule has 2 aromatic carbocycles. The summed E-state index contributed by atoms with van der Waals surface area (Å²) >= 11 is 0. The number of aromatic amines is 1. The van der Waals surface area contributed by atoms with Gasteiger partial charge >= 0.3 is 5.97 Å². The van der Waals surface area contributed by atoms with Crippen molar-refractivity contribution < 1.29 is 14.3 Å². The van der Waals surface area contributed by atoms with Crippen LogP contribution in [-0.4, -0.2) is 53.1 Å². The van der Waals surface area contributed by atoms with Gasteiger partial charge in [-0.25, -0.2) is 14.8 Å². The minimum atomic E-state index is -0.830. The summed E-state index contributed by atoms with van der Waals surface area (Å²) in [5.41, 5.74) is 11.8. The van der Waals surface area contributed by atoms with Crippen LogP contribution in [0.4, 0.5) is 17.2 Å². The summed E-state index contributed by atoms with van der Waals surface area (Å²) in [6.07, 6.45) is 0.658. The minimum absolute atomic E-state index is 0.0530. The zero-order chi connectivity index (χ0) is 26.8. The summed E-state index contributed by atoms with van der Waals surface area (Å²) in [5, 5.41) is 6.40. The molecule has 0 aliphatic carbocycles. The Balaban J connectivity index is 1.34. The van der Waals surface area contributed by atoms with E-state index in [9.17, 15) is 9.59 Å². The Morgan fingerprint density at radius 3 is 2.71 bits per heavy atom. The average Bonchev–Trinajstić information content (AvgIpc) is 3.52. The highest BCUT2D eigenvalue weighted by Crippen LogP contribution is 2.37. The van der Waals surface area contributed by atoms with E-state index in [-0.39, 0.29) is 18.5 Å². The zero-order valence-corrected chi connectivity index (χ0v) is 21.6. The van der Waals surface area contributed by atoms with Crippen LogP contribution in [0.5, 0.6) is 0 Å². The zero-order valence-electron chi connectivity index (χ0n) is 21.6. The maximum absolute atomic E-state index is 13.3. The van der Waals surface area contributed by atoms with Crippen LogP contribution in [-0.2, 0) is 16.0 Å². The number of carbonyl (C=O) groups excluding carboxylic acids is 2. The van der Waals surface area contributed by atoms with Crippen molar-refractivity contribution in [3.05, 3.63) is 77.1 Å². The number of para-hydroxylation sites is 1. The molecule has 2 aromatic heterocycles. The lowest BCUT2D eigenvalue weighted by Gasteiger charge is -2.27. The number of likely N-dealkylation sites (N-methyl/N-ethyl adjacent to an activating group) is 1. The standard InChI is InChI=1S/C28H31N7O3/c1-4-35(19-8-6-5-7-9-19)15-23(28(37)38-3)33-27(36)17-10-11-21-18(12-17)13-22(32-21)20-14-24(29)34-26-25(20)30-16(2)31-26/h5-12,14,22-23,32H,4,13,15H2,1-3H3,(H,33,36)(H3,29,30,31,34). The smallest absolute Gasteiger partial charge is 0.330 e. The molecule has 2 atom stereocenters. The molecule has 5 N–H and O–H groups in total. The number of nitrogens with zero attached hydrogens (tertiary/aromatic N) is 3. The normalized spacial score (nSPS) is 15.0. The van der Waals surface area contributed by atoms with Gasteiger partial charge < -0.3 is 31.0 Å². The number of nitrogen functional groups attached to an aromatic ring is 1. The van der Waals surface area contributed by atoms with Crippen molar-refractivity contribution >= 4 is 40.2 Å². The molecule has 0 fully saturated rings. The number of aryl methyl sites for hydroxylation is 1. The molecular weight excluding hydrogens is 482 g/mol. The van der Waals surface area contributed by atoms with Crippen LogP contribution in [0.3, 0.4) is 0 Å². The second kappa shape index (κ2) is 10.4. The minimum Gasteiger partial charge on any atom is -0.467 e. The molecule has 0 radical (unpaired) electrons. The van der Waals surface area contributed by atoms with Crippen LogP contribution < -0.4 is 21.3 Å². The number of esters is 1. The third kappa shape index (κ3) is 4.97. The maximum Gasteiger partial charge on any atom is 0.330 e. The molecule has 3 heterocycles. The fourth-order valence-corrected chi connectivity index (χ4v) is 4.95. The average molecular weight is 514 g/mol. The van der Waals surface area contributed by atoms with Crippen molar-refractivity contribution in [2.24, 2.45) is 0 Å². The van der Waals surface area contributed by atoms with Gasteiger partial charge in [0.05, 0.1) is 18.7 Å². The second-order valence-corrected chi connectivity index (χ2v) is 9.35. The van der Waals surface area contributed by atoms with Gasteiger partial charge in [-0.2, -0.15) is 0 Å². The number of hydrogen-bond acceptors (Lipinski definition) is 8. The van der Waals surface area contributed by atoms with E-state index in [0.717, 1.165) is 33.8 Å². The number of nitrogens with two attached hydrogens (primary N) is 1. The monoisotopic (exact) mass is 513 g/mol. The molecule has 0 saturated heterocycles. The van der Waals surface area contributed by atoms with Gasteiger partial charge in [0.25, 0.3) is 5.91 Å². The summed E-state index contributed by atoms with van der Waals surface area (Å²) in [6, 6.07) is 16.2. The third-order valence-electron chi connectivity index (χ3n) is 6.82. The van der Waals surface area contributed by atoms with E-state index in [1.54, 1.807) is 6.07 Å². The van der Waals surface area contributed by atoms with Crippen LogP contribution in [0.1, 0.15) is 40.3 Å². The third-order valence-corrected chi connectivity index (χ3v) is 6.82. The van der Waals surface area contributed by atoms with Gasteiger partial charge in [0.1, 0.15) is 17.7 Å². The van der Waals surface area contributed by atoms with Crippen molar-refractivity contribution in [1.29, 1.82) is 0 Å². The topological polar surface area (TPSA) is 138 Å². The molecule has 5 rings (SSSR count). The maximum atomic E-state index is 13.3. The van der Waals surface area contributed by atoms with Gasteiger partial charge in [-0.1, -0.05) is 18.2 Å². The number of carbonyl (C=O) groups is 2. The number of ether oxygens (including phenoxy) is 1. The van der Waals surface area contributed by atoms with Crippen molar-refractivity contribution in [3.63, 3.8) is 0 Å². The van der Waals surface area contributed by atoms with Crippen LogP contribution in [0, 0.1) is 6.92 Å². The number of H-pyrrole nitrogens is 1. The number of methoxy groups -OCH3 is 1. The number of hydrogen-bond donors (Lipinski definition) is 4. The fourth-order valence-electron chi connectivity index (χ4n) is 4.95. The SMILES string of the molecule is CCN(CC(NC(=O)c1ccc2c(c1)CC(c1cc(N)nc3nc(C)[nH]c13)N2)C(=O)OC)c1ccccc1. The highest BCUT2D eigenvalue weighted by atomic mass is 16.5. The van der Waals surface area contributed by atoms with E-state index < -0.39 is 12.0 Å². The Morgan fingerprint density at radius 2 is 1.97 bits per heavy atom. The van der Waals surface area contributed by atoms with Gasteiger partial charge in [0.15, 0.2) is 5.65 Å². The predicted molar refractivity (Wildman–Crippen MR) is 147 cm³/mol. The van der Waals surface area contributed by atoms with Crippen LogP contribution in [0.2, 0.25) is 0 Å². The van der Waals surface area contributed by atoms with Gasteiger partial charge in [-0.05, 0) is 62.2 Å². The molecule has 38 heavy (non-hydrogen) atoms. The quantitative estimate of drug-likeness (QED) is 0.263. The van der Waals surface area contributed by atoms with Crippen LogP contribution in [0.25, 0.3) is 11.2 Å². The summed E-state index contributed by atoms with van der Waals surface area (Å²) in [7, 11) is 1.32. The molecule has 1 aliphatic heterocycles. The van der Waals surface area contributed by atoms with Gasteiger partial charge in [-0.3, -0.25) is 4.79 Å². The summed E-state index contributed by atoms with van der Waals surface area (Å²) in [6.45, 7) is 4.84. The second-order valence-electron chi connectivity index (χ2n) is 9.35. The molecule has 10 heteroatoms. The van der Waals surface area contributed by atoms with Crippen molar-refractivity contribution in [2.75, 3.05) is 36.1 Å². The molecule has 0 saturated carbocycles. The Labute approximate surface area is 220 Å². The Kier molecular flexibility index (Phi) is 6.87. The molecule has 10 nitrogen and oxygen atoms in total. The van der Waals surface area contributed by atoms with Gasteiger partial charge in [0.2, 0.25) is 0 Å². The van der Waals surface area contributed by atoms with E-state index in [1.165, 1.54) is 7.11 Å². The van der Waals surface area contributed by atoms with Crippen molar-refractivity contribution in [1.82, 2.24) is 20.3 Å². The summed E-state index contributed by atoms with van der Waals surface area (Å²) in [5.74, 6) is 0.338. The van der Waals surface area contributed by atoms with E-state index in [2.05, 4.69) is 25.6 Å². The first kappa shape index (κ1) is 25.1. The lowest BCUT2D eigenvalue weighted by atomic mass is 10.0. The molecule has 1 aliphatic rings. The summed E-state index contributed by atoms with van der Waals surface area (Å²) < 4.78 is 5.00. The first-order valence-corrected chi connectivity index (χ1v) is 12.6. The van der Waals surface area contributed by atoms with Crippen molar-refractivity contribution in [3.8, 4) is 0 Å². The molecule has 4 aromatic rings. The number of pyridine rings is 1. The number of anilines is 3. The summed E-state index contributed by atoms with van der Waals surface area (Å²) in [4.78, 5) is 39.9. The first-order valence-electron chi connectivity index (χ1n) is 12.6. The molecule has 1 amide bonds. The predicted octanol–water partition coefficient (Wildman–Crippen LogP) is 3.36. The Bertz CT molecular complexity index is 1480. The first-order chi connectivity index (χ1) is 18.4. The Hall–Kier alpha value is -4.60. The number of fused-ring (bicyclic) bond motifs is 2. The molecule has 0 bridgehead atoms. The van der Waals surface area contributed by atoms with Crippen LogP contribution in [0.15, 0.2) is 54.6 Å². The number of imidazole rings is 1. The fraction of sp³-hybridized carbons (Fsp3) is 0.286. The molecule has 2 unspecified atom stereocenters.